The zero-order valence-corrected chi connectivity index (χ0v) is 11.7. The van der Waals surface area contributed by atoms with Gasteiger partial charge in [0, 0.05) is 5.56 Å². The Labute approximate surface area is 102 Å². The predicted molar refractivity (Wildman–Crippen MR) is 75.7 cm³/mol. The maximum absolute atomic E-state index is 3.03. The van der Waals surface area contributed by atoms with Crippen LogP contribution in [0.3, 0.4) is 0 Å². The van der Waals surface area contributed by atoms with E-state index in [1.807, 2.05) is 25.1 Å². The molecule has 1 rings (SSSR count). The van der Waals surface area contributed by atoms with E-state index in [0.29, 0.717) is 0 Å². The SMILES string of the molecule is CC#Cc1ccccc1C.CCC.CCC. The highest BCUT2D eigenvalue weighted by atomic mass is 13.9. The molecule has 0 amide bonds. The van der Waals surface area contributed by atoms with Crippen molar-refractivity contribution in [1.82, 2.24) is 0 Å². The fourth-order valence-corrected chi connectivity index (χ4v) is 0.848. The molecule has 90 valence electrons. The number of aryl methyl sites for hydroxylation is 1. The van der Waals surface area contributed by atoms with Crippen LogP contribution in [0.2, 0.25) is 0 Å². The zero-order chi connectivity index (χ0) is 12.8. The molecular formula is C16H26. The average molecular weight is 218 g/mol. The molecule has 0 unspecified atom stereocenters. The van der Waals surface area contributed by atoms with Crippen LogP contribution in [0.4, 0.5) is 0 Å². The molecule has 0 aromatic heterocycles. The van der Waals surface area contributed by atoms with Crippen LogP contribution in [-0.4, -0.2) is 0 Å². The molecule has 0 N–H and O–H groups in total. The summed E-state index contributed by atoms with van der Waals surface area (Å²) in [4.78, 5) is 0. The lowest BCUT2D eigenvalue weighted by molar-refractivity contribution is 1.09. The van der Waals surface area contributed by atoms with Crippen LogP contribution < -0.4 is 0 Å². The number of hydrogen-bond donors (Lipinski definition) is 0. The summed E-state index contributed by atoms with van der Waals surface area (Å²) in [5.41, 5.74) is 2.38. The topological polar surface area (TPSA) is 0 Å². The quantitative estimate of drug-likeness (QED) is 0.525. The average Bonchev–Trinajstić information content (AvgIpc) is 2.24. The largest absolute Gasteiger partial charge is 0.101 e. The van der Waals surface area contributed by atoms with Gasteiger partial charge in [-0.15, -0.1) is 5.92 Å². The van der Waals surface area contributed by atoms with Crippen molar-refractivity contribution in [3.63, 3.8) is 0 Å². The maximum atomic E-state index is 3.03. The second-order valence-electron chi connectivity index (χ2n) is 3.60. The van der Waals surface area contributed by atoms with Gasteiger partial charge in [-0.2, -0.15) is 0 Å². The normalized spacial score (nSPS) is 7.38. The molecule has 0 heteroatoms. The predicted octanol–water partition coefficient (Wildman–Crippen LogP) is 5.20. The third-order valence-electron chi connectivity index (χ3n) is 1.40. The van der Waals surface area contributed by atoms with Crippen molar-refractivity contribution < 1.29 is 0 Å². The van der Waals surface area contributed by atoms with Crippen molar-refractivity contribution in [2.45, 2.75) is 54.4 Å². The molecule has 0 nitrogen and oxygen atoms in total. The van der Waals surface area contributed by atoms with E-state index < -0.39 is 0 Å². The van der Waals surface area contributed by atoms with Gasteiger partial charge in [0.1, 0.15) is 0 Å². The minimum absolute atomic E-state index is 1.13. The van der Waals surface area contributed by atoms with Gasteiger partial charge >= 0.3 is 0 Å². The van der Waals surface area contributed by atoms with Gasteiger partial charge < -0.3 is 0 Å². The van der Waals surface area contributed by atoms with Crippen molar-refractivity contribution in [2.75, 3.05) is 0 Å². The Morgan fingerprint density at radius 3 is 1.75 bits per heavy atom. The standard InChI is InChI=1S/C10H10.2C3H8/c1-3-6-10-8-5-4-7-9(10)2;2*1-3-2/h4-5,7-8H,1-2H3;2*3H2,1-2H3. The van der Waals surface area contributed by atoms with Gasteiger partial charge in [0.25, 0.3) is 0 Å². The summed E-state index contributed by atoms with van der Waals surface area (Å²) >= 11 is 0. The van der Waals surface area contributed by atoms with Crippen molar-refractivity contribution in [3.8, 4) is 11.8 Å². The third kappa shape index (κ3) is 10.9. The van der Waals surface area contributed by atoms with Crippen molar-refractivity contribution in [1.29, 1.82) is 0 Å². The van der Waals surface area contributed by atoms with E-state index in [0.717, 1.165) is 5.56 Å². The monoisotopic (exact) mass is 218 g/mol. The van der Waals surface area contributed by atoms with Crippen LogP contribution in [0.1, 0.15) is 58.6 Å². The minimum atomic E-state index is 1.13. The summed E-state index contributed by atoms with van der Waals surface area (Å²) in [5, 5.41) is 0. The van der Waals surface area contributed by atoms with E-state index in [2.05, 4.69) is 52.5 Å². The number of rotatable bonds is 0. The van der Waals surface area contributed by atoms with Crippen LogP contribution in [0.15, 0.2) is 24.3 Å². The molecule has 0 spiro atoms. The molecule has 0 heterocycles. The first-order valence-electron chi connectivity index (χ1n) is 6.16. The molecule has 0 saturated carbocycles. The summed E-state index contributed by atoms with van der Waals surface area (Å²) < 4.78 is 0. The second-order valence-corrected chi connectivity index (χ2v) is 3.60. The van der Waals surface area contributed by atoms with Crippen LogP contribution in [0, 0.1) is 18.8 Å². The van der Waals surface area contributed by atoms with Gasteiger partial charge in [0.15, 0.2) is 0 Å². The van der Waals surface area contributed by atoms with Gasteiger partial charge in [-0.05, 0) is 25.5 Å². The van der Waals surface area contributed by atoms with Gasteiger partial charge in [0.2, 0.25) is 0 Å². The lowest BCUT2D eigenvalue weighted by atomic mass is 10.1. The fourth-order valence-electron chi connectivity index (χ4n) is 0.848. The molecule has 16 heavy (non-hydrogen) atoms. The van der Waals surface area contributed by atoms with E-state index >= 15 is 0 Å². The first-order chi connectivity index (χ1) is 7.67. The van der Waals surface area contributed by atoms with E-state index in [-0.39, 0.29) is 0 Å². The van der Waals surface area contributed by atoms with E-state index in [9.17, 15) is 0 Å². The Balaban J connectivity index is 0. The van der Waals surface area contributed by atoms with Crippen molar-refractivity contribution >= 4 is 0 Å². The molecule has 1 aromatic rings. The van der Waals surface area contributed by atoms with Gasteiger partial charge in [-0.1, -0.05) is 64.7 Å². The summed E-state index contributed by atoms with van der Waals surface area (Å²) in [6, 6.07) is 8.13. The fraction of sp³-hybridized carbons (Fsp3) is 0.500. The van der Waals surface area contributed by atoms with Gasteiger partial charge in [-0.3, -0.25) is 0 Å². The van der Waals surface area contributed by atoms with Gasteiger partial charge in [-0.25, -0.2) is 0 Å². The van der Waals surface area contributed by atoms with Gasteiger partial charge in [0.05, 0.1) is 0 Å². The van der Waals surface area contributed by atoms with E-state index in [1.54, 1.807) is 0 Å². The lowest BCUT2D eigenvalue weighted by Crippen LogP contribution is -1.78. The molecule has 0 atom stereocenters. The summed E-state index contributed by atoms with van der Waals surface area (Å²) in [7, 11) is 0. The van der Waals surface area contributed by atoms with Crippen molar-refractivity contribution in [2.24, 2.45) is 0 Å². The van der Waals surface area contributed by atoms with Crippen LogP contribution in [-0.2, 0) is 0 Å². The second kappa shape index (κ2) is 13.8. The Morgan fingerprint density at radius 2 is 1.38 bits per heavy atom. The van der Waals surface area contributed by atoms with Crippen LogP contribution >= 0.6 is 0 Å². The minimum Gasteiger partial charge on any atom is -0.101 e. The maximum Gasteiger partial charge on any atom is 0.0274 e. The lowest BCUT2D eigenvalue weighted by Gasteiger charge is -1.93. The summed E-state index contributed by atoms with van der Waals surface area (Å²) in [5.74, 6) is 5.90. The molecule has 0 fully saturated rings. The smallest absolute Gasteiger partial charge is 0.0274 e. The zero-order valence-electron chi connectivity index (χ0n) is 11.7. The van der Waals surface area contributed by atoms with Crippen LogP contribution in [0.25, 0.3) is 0 Å². The van der Waals surface area contributed by atoms with E-state index in [4.69, 9.17) is 0 Å². The molecule has 0 radical (unpaired) electrons. The Morgan fingerprint density at radius 1 is 0.938 bits per heavy atom. The third-order valence-corrected chi connectivity index (χ3v) is 1.40. The highest BCUT2D eigenvalue weighted by molar-refractivity contribution is 5.39. The highest BCUT2D eigenvalue weighted by Gasteiger charge is 1.88. The molecule has 0 bridgehead atoms. The molecular weight excluding hydrogens is 192 g/mol. The molecule has 1 aromatic carbocycles. The Bertz CT molecular complexity index is 297. The van der Waals surface area contributed by atoms with Crippen molar-refractivity contribution in [3.05, 3.63) is 35.4 Å². The summed E-state index contributed by atoms with van der Waals surface area (Å²) in [6.45, 7) is 12.4. The number of benzene rings is 1. The Kier molecular flexibility index (Phi) is 14.8. The van der Waals surface area contributed by atoms with Crippen LogP contribution in [0.5, 0.6) is 0 Å². The molecule has 0 saturated heterocycles. The summed E-state index contributed by atoms with van der Waals surface area (Å²) in [6.07, 6.45) is 2.50. The first-order valence-corrected chi connectivity index (χ1v) is 6.16. The number of hydrogen-bond acceptors (Lipinski definition) is 0. The van der Waals surface area contributed by atoms with E-state index in [1.165, 1.54) is 18.4 Å². The molecule has 0 aliphatic rings. The molecule has 0 aliphatic heterocycles. The Hall–Kier alpha value is -1.22. The molecule has 0 aliphatic carbocycles. The highest BCUT2D eigenvalue weighted by Crippen LogP contribution is 2.03. The first kappa shape index (κ1) is 17.2.